The Balaban J connectivity index is 2.57. The van der Waals surface area contributed by atoms with Gasteiger partial charge in [-0.2, -0.15) is 13.2 Å². The second-order valence-electron chi connectivity index (χ2n) is 4.54. The van der Waals surface area contributed by atoms with E-state index in [1.165, 1.54) is 6.07 Å². The Morgan fingerprint density at radius 1 is 1.36 bits per heavy atom. The van der Waals surface area contributed by atoms with Crippen LogP contribution >= 0.6 is 11.6 Å². The summed E-state index contributed by atoms with van der Waals surface area (Å²) >= 11 is 5.67. The van der Waals surface area contributed by atoms with Gasteiger partial charge in [0.05, 0.1) is 22.5 Å². The number of nitrogens with two attached hydrogens (primary N) is 1. The van der Waals surface area contributed by atoms with E-state index in [0.29, 0.717) is 11.8 Å². The molecular formula is C14H11ClF3N3O. The molecule has 4 nitrogen and oxygen atoms in total. The number of nitrogens with one attached hydrogen (secondary N) is 1. The molecule has 0 aliphatic heterocycles. The quantitative estimate of drug-likeness (QED) is 0.839. The predicted octanol–water partition coefficient (Wildman–Crippen LogP) is 3.90. The van der Waals surface area contributed by atoms with Gasteiger partial charge in [-0.05, 0) is 24.6 Å². The number of primary amides is 1. The van der Waals surface area contributed by atoms with Crippen molar-refractivity contribution in [2.45, 2.75) is 13.1 Å². The van der Waals surface area contributed by atoms with Gasteiger partial charge in [-0.1, -0.05) is 23.7 Å². The highest BCUT2D eigenvalue weighted by atomic mass is 35.5. The van der Waals surface area contributed by atoms with E-state index in [0.717, 1.165) is 6.07 Å². The fraction of sp³-hybridized carbons (Fsp3) is 0.143. The van der Waals surface area contributed by atoms with Crippen LogP contribution in [0.1, 0.15) is 21.5 Å². The van der Waals surface area contributed by atoms with Gasteiger partial charge in [0.1, 0.15) is 5.15 Å². The Kier molecular flexibility index (Phi) is 4.27. The van der Waals surface area contributed by atoms with Crippen molar-refractivity contribution in [3.63, 3.8) is 0 Å². The molecule has 3 N–H and O–H groups in total. The first-order valence-corrected chi connectivity index (χ1v) is 6.47. The summed E-state index contributed by atoms with van der Waals surface area (Å²) in [4.78, 5) is 14.9. The third-order valence-electron chi connectivity index (χ3n) is 2.97. The molecule has 0 bridgehead atoms. The fourth-order valence-electron chi connectivity index (χ4n) is 1.93. The second-order valence-corrected chi connectivity index (χ2v) is 4.92. The highest BCUT2D eigenvalue weighted by Crippen LogP contribution is 2.37. The van der Waals surface area contributed by atoms with Gasteiger partial charge in [-0.25, -0.2) is 4.98 Å². The number of amides is 1. The molecule has 116 valence electrons. The highest BCUT2D eigenvalue weighted by Gasteiger charge is 2.34. The molecule has 0 spiro atoms. The minimum absolute atomic E-state index is 0.0843. The Morgan fingerprint density at radius 3 is 2.64 bits per heavy atom. The molecule has 22 heavy (non-hydrogen) atoms. The zero-order valence-electron chi connectivity index (χ0n) is 11.3. The molecule has 0 aliphatic rings. The Bertz CT molecular complexity index is 732. The number of nitrogens with zero attached hydrogens (tertiary/aromatic N) is 1. The molecule has 1 amide bonds. The maximum absolute atomic E-state index is 13.0. The molecule has 0 fully saturated rings. The van der Waals surface area contributed by atoms with Crippen LogP contribution in [0.4, 0.5) is 24.5 Å². The zero-order chi connectivity index (χ0) is 16.5. The summed E-state index contributed by atoms with van der Waals surface area (Å²) in [6, 6.07) is 5.70. The lowest BCUT2D eigenvalue weighted by molar-refractivity contribution is -0.137. The van der Waals surface area contributed by atoms with Crippen molar-refractivity contribution in [2.24, 2.45) is 5.73 Å². The summed E-state index contributed by atoms with van der Waals surface area (Å²) in [6.45, 7) is 1.64. The number of benzene rings is 1. The monoisotopic (exact) mass is 329 g/mol. The molecular weight excluding hydrogens is 319 g/mol. The molecule has 0 radical (unpaired) electrons. The number of hydrogen-bond acceptors (Lipinski definition) is 3. The summed E-state index contributed by atoms with van der Waals surface area (Å²) in [5.74, 6) is -0.750. The first kappa shape index (κ1) is 16.1. The number of carbonyl (C=O) groups is 1. The molecule has 0 unspecified atom stereocenters. The standard InChI is InChI=1S/C14H11ClF3N3O/c1-7-3-2-4-8(13(19)22)12(7)21-10-5-11(15)20-6-9(10)14(16,17)18/h2-6H,1H3,(H2,19,22)(H,20,21). The smallest absolute Gasteiger partial charge is 0.366 e. The third kappa shape index (κ3) is 3.30. The lowest BCUT2D eigenvalue weighted by Crippen LogP contribution is -2.15. The molecule has 0 atom stereocenters. The number of anilines is 2. The number of aromatic nitrogens is 1. The molecule has 8 heteroatoms. The van der Waals surface area contributed by atoms with Crippen molar-refractivity contribution in [3.8, 4) is 0 Å². The van der Waals surface area contributed by atoms with Crippen LogP contribution in [-0.4, -0.2) is 10.9 Å². The molecule has 2 rings (SSSR count). The van der Waals surface area contributed by atoms with Crippen LogP contribution in [0.2, 0.25) is 5.15 Å². The maximum atomic E-state index is 13.0. The molecule has 1 aromatic carbocycles. The summed E-state index contributed by atoms with van der Waals surface area (Å²) in [7, 11) is 0. The van der Waals surface area contributed by atoms with E-state index in [9.17, 15) is 18.0 Å². The maximum Gasteiger partial charge on any atom is 0.419 e. The Hall–Kier alpha value is -2.28. The van der Waals surface area contributed by atoms with E-state index in [1.807, 2.05) is 0 Å². The lowest BCUT2D eigenvalue weighted by Gasteiger charge is -2.17. The van der Waals surface area contributed by atoms with E-state index in [-0.39, 0.29) is 22.1 Å². The zero-order valence-corrected chi connectivity index (χ0v) is 12.1. The first-order valence-electron chi connectivity index (χ1n) is 6.09. The minimum atomic E-state index is -4.62. The van der Waals surface area contributed by atoms with Crippen molar-refractivity contribution in [1.29, 1.82) is 0 Å². The first-order chi connectivity index (χ1) is 10.2. The Morgan fingerprint density at radius 2 is 2.05 bits per heavy atom. The van der Waals surface area contributed by atoms with Crippen LogP contribution in [0.5, 0.6) is 0 Å². The summed E-state index contributed by atoms with van der Waals surface area (Å²) in [6.07, 6.45) is -3.98. The number of hydrogen-bond donors (Lipinski definition) is 2. The van der Waals surface area contributed by atoms with Gasteiger partial charge in [0.25, 0.3) is 5.91 Å². The van der Waals surface area contributed by atoms with Gasteiger partial charge in [-0.15, -0.1) is 0 Å². The van der Waals surface area contributed by atoms with Gasteiger partial charge >= 0.3 is 6.18 Å². The second kappa shape index (κ2) is 5.84. The number of aryl methyl sites for hydroxylation is 1. The summed E-state index contributed by atoms with van der Waals surface area (Å²) in [5.41, 5.74) is 4.81. The Labute approximate surface area is 129 Å². The van der Waals surface area contributed by atoms with Crippen molar-refractivity contribution < 1.29 is 18.0 Å². The number of rotatable bonds is 3. The summed E-state index contributed by atoms with van der Waals surface area (Å²) < 4.78 is 39.1. The molecule has 0 saturated carbocycles. The van der Waals surface area contributed by atoms with Gasteiger partial charge < -0.3 is 11.1 Å². The van der Waals surface area contributed by atoms with E-state index >= 15 is 0 Å². The van der Waals surface area contributed by atoms with Crippen LogP contribution in [-0.2, 0) is 6.18 Å². The minimum Gasteiger partial charge on any atom is -0.366 e. The average Bonchev–Trinajstić information content (AvgIpc) is 2.39. The van der Waals surface area contributed by atoms with Crippen LogP contribution < -0.4 is 11.1 Å². The van der Waals surface area contributed by atoms with Crippen molar-refractivity contribution >= 4 is 28.9 Å². The van der Waals surface area contributed by atoms with E-state index in [4.69, 9.17) is 17.3 Å². The van der Waals surface area contributed by atoms with Crippen LogP contribution in [0.15, 0.2) is 30.5 Å². The van der Waals surface area contributed by atoms with E-state index < -0.39 is 17.6 Å². The molecule has 0 aliphatic carbocycles. The van der Waals surface area contributed by atoms with Crippen molar-refractivity contribution in [3.05, 3.63) is 52.3 Å². The number of pyridine rings is 1. The van der Waals surface area contributed by atoms with E-state index in [2.05, 4.69) is 10.3 Å². The van der Waals surface area contributed by atoms with Gasteiger partial charge in [0.2, 0.25) is 0 Å². The largest absolute Gasteiger partial charge is 0.419 e. The van der Waals surface area contributed by atoms with Crippen molar-refractivity contribution in [1.82, 2.24) is 4.98 Å². The normalized spacial score (nSPS) is 11.3. The molecule has 0 saturated heterocycles. The molecule has 1 aromatic heterocycles. The number of halogens is 4. The van der Waals surface area contributed by atoms with Crippen molar-refractivity contribution in [2.75, 3.05) is 5.32 Å². The van der Waals surface area contributed by atoms with Crippen LogP contribution in [0, 0.1) is 6.92 Å². The number of alkyl halides is 3. The van der Waals surface area contributed by atoms with E-state index in [1.54, 1.807) is 19.1 Å². The van der Waals surface area contributed by atoms with Gasteiger partial charge in [0, 0.05) is 6.20 Å². The van der Waals surface area contributed by atoms with Gasteiger partial charge in [0.15, 0.2) is 0 Å². The average molecular weight is 330 g/mol. The van der Waals surface area contributed by atoms with Crippen LogP contribution in [0.3, 0.4) is 0 Å². The SMILES string of the molecule is Cc1cccc(C(N)=O)c1Nc1cc(Cl)ncc1C(F)(F)F. The van der Waals surface area contributed by atoms with Gasteiger partial charge in [-0.3, -0.25) is 4.79 Å². The number of carbonyl (C=O) groups excluding carboxylic acids is 1. The lowest BCUT2D eigenvalue weighted by atomic mass is 10.1. The topological polar surface area (TPSA) is 68.0 Å². The fourth-order valence-corrected chi connectivity index (χ4v) is 2.09. The third-order valence-corrected chi connectivity index (χ3v) is 3.18. The molecule has 2 aromatic rings. The van der Waals surface area contributed by atoms with Crippen LogP contribution in [0.25, 0.3) is 0 Å². The summed E-state index contributed by atoms with van der Waals surface area (Å²) in [5, 5.41) is 2.49. The highest BCUT2D eigenvalue weighted by molar-refractivity contribution is 6.29. The predicted molar refractivity (Wildman–Crippen MR) is 77.2 cm³/mol. The number of para-hydroxylation sites is 1. The molecule has 1 heterocycles.